The summed E-state index contributed by atoms with van der Waals surface area (Å²) in [5, 5.41) is 9.31. The third kappa shape index (κ3) is 8.01. The van der Waals surface area contributed by atoms with Gasteiger partial charge in [0, 0.05) is 15.7 Å². The van der Waals surface area contributed by atoms with Crippen molar-refractivity contribution < 1.29 is 38.1 Å². The summed E-state index contributed by atoms with van der Waals surface area (Å²) in [6, 6.07) is 7.11. The Labute approximate surface area is 245 Å². The van der Waals surface area contributed by atoms with E-state index in [0.717, 1.165) is 4.47 Å². The zero-order valence-electron chi connectivity index (χ0n) is 23.0. The summed E-state index contributed by atoms with van der Waals surface area (Å²) in [5.41, 5.74) is 4.17. The molecule has 0 radical (unpaired) electrons. The molecule has 2 aromatic carbocycles. The topological polar surface area (TPSA) is 146 Å². The SMILES string of the molecule is C=CCOc1c(/C=N/NC(=O)COc2ccc([C@H]3NC(=O)NC(C)=C3C(=O)OCC)cc2OC)cc(Br)cc1OC. The smallest absolute Gasteiger partial charge is 0.338 e. The quantitative estimate of drug-likeness (QED) is 0.131. The van der Waals surface area contributed by atoms with Gasteiger partial charge in [-0.15, -0.1) is 0 Å². The number of carbonyl (C=O) groups excluding carboxylic acids is 3. The Bertz CT molecular complexity index is 1380. The van der Waals surface area contributed by atoms with E-state index in [1.165, 1.54) is 20.4 Å². The molecule has 12 nitrogen and oxygen atoms in total. The van der Waals surface area contributed by atoms with Crippen molar-refractivity contribution in [2.24, 2.45) is 5.10 Å². The zero-order valence-corrected chi connectivity index (χ0v) is 24.6. The number of halogens is 1. The summed E-state index contributed by atoms with van der Waals surface area (Å²) in [5.74, 6) is 0.396. The molecule has 0 saturated carbocycles. The van der Waals surface area contributed by atoms with Gasteiger partial charge < -0.3 is 34.3 Å². The lowest BCUT2D eigenvalue weighted by atomic mass is 9.95. The molecule has 1 aliphatic rings. The molecule has 0 aliphatic carbocycles. The lowest BCUT2D eigenvalue weighted by molar-refractivity contribution is -0.139. The predicted octanol–water partition coefficient (Wildman–Crippen LogP) is 3.75. The first-order chi connectivity index (χ1) is 19.7. The fourth-order valence-corrected chi connectivity index (χ4v) is 4.34. The number of carbonyl (C=O) groups is 3. The molecule has 0 spiro atoms. The third-order valence-electron chi connectivity index (χ3n) is 5.65. The third-order valence-corrected chi connectivity index (χ3v) is 6.11. The number of benzene rings is 2. The number of nitrogens with zero attached hydrogens (tertiary/aromatic N) is 1. The molecule has 0 bridgehead atoms. The van der Waals surface area contributed by atoms with Crippen LogP contribution in [0.3, 0.4) is 0 Å². The van der Waals surface area contributed by atoms with E-state index in [1.54, 1.807) is 50.3 Å². The van der Waals surface area contributed by atoms with Crippen molar-refractivity contribution in [2.45, 2.75) is 19.9 Å². The van der Waals surface area contributed by atoms with Crippen molar-refractivity contribution in [3.8, 4) is 23.0 Å². The minimum atomic E-state index is -0.777. The number of hydrogen-bond donors (Lipinski definition) is 3. The van der Waals surface area contributed by atoms with Gasteiger partial charge in [-0.25, -0.2) is 15.0 Å². The highest BCUT2D eigenvalue weighted by Gasteiger charge is 2.32. The van der Waals surface area contributed by atoms with E-state index in [4.69, 9.17) is 23.7 Å². The van der Waals surface area contributed by atoms with E-state index in [0.29, 0.717) is 28.3 Å². The van der Waals surface area contributed by atoms with Gasteiger partial charge >= 0.3 is 12.0 Å². The van der Waals surface area contributed by atoms with Gasteiger partial charge in [-0.05, 0) is 43.7 Å². The second-order valence-corrected chi connectivity index (χ2v) is 9.32. The maximum absolute atomic E-state index is 12.6. The number of urea groups is 1. The lowest BCUT2D eigenvalue weighted by Crippen LogP contribution is -2.45. The van der Waals surface area contributed by atoms with Gasteiger partial charge in [0.25, 0.3) is 5.91 Å². The van der Waals surface area contributed by atoms with Crippen LogP contribution < -0.4 is 35.0 Å². The number of ether oxygens (including phenoxy) is 5. The van der Waals surface area contributed by atoms with Crippen molar-refractivity contribution in [3.05, 3.63) is 69.9 Å². The molecule has 218 valence electrons. The predicted molar refractivity (Wildman–Crippen MR) is 154 cm³/mol. The Hall–Kier alpha value is -4.52. The number of hydrazone groups is 1. The number of esters is 1. The summed E-state index contributed by atoms with van der Waals surface area (Å²) in [6.07, 6.45) is 3.02. The van der Waals surface area contributed by atoms with Crippen LogP contribution in [0.15, 0.2) is 63.8 Å². The summed E-state index contributed by atoms with van der Waals surface area (Å²) in [7, 11) is 2.95. The van der Waals surface area contributed by atoms with Gasteiger partial charge in [0.1, 0.15) is 6.61 Å². The Balaban J connectivity index is 1.71. The first kappa shape index (κ1) is 31.0. The molecule has 2 aromatic rings. The molecule has 0 fully saturated rings. The Morgan fingerprint density at radius 2 is 1.88 bits per heavy atom. The van der Waals surface area contributed by atoms with Crippen molar-refractivity contribution in [1.29, 1.82) is 0 Å². The molecule has 3 amide bonds. The van der Waals surface area contributed by atoms with Crippen LogP contribution in [0.4, 0.5) is 4.79 Å². The maximum atomic E-state index is 12.6. The summed E-state index contributed by atoms with van der Waals surface area (Å²) in [6.45, 7) is 7.03. The lowest BCUT2D eigenvalue weighted by Gasteiger charge is -2.28. The molecule has 0 aromatic heterocycles. The molecule has 1 heterocycles. The largest absolute Gasteiger partial charge is 0.493 e. The second kappa shape index (κ2) is 14.7. The molecule has 0 unspecified atom stereocenters. The van der Waals surface area contributed by atoms with Crippen LogP contribution in [0.25, 0.3) is 0 Å². The van der Waals surface area contributed by atoms with E-state index < -0.39 is 23.9 Å². The van der Waals surface area contributed by atoms with E-state index >= 15 is 0 Å². The summed E-state index contributed by atoms with van der Waals surface area (Å²) in [4.78, 5) is 37.2. The summed E-state index contributed by atoms with van der Waals surface area (Å²) < 4.78 is 28.0. The highest BCUT2D eigenvalue weighted by atomic mass is 79.9. The number of allylic oxidation sites excluding steroid dienone is 1. The Morgan fingerprint density at radius 3 is 2.56 bits per heavy atom. The molecule has 41 heavy (non-hydrogen) atoms. The van der Waals surface area contributed by atoms with Gasteiger partial charge in [0.15, 0.2) is 29.6 Å². The van der Waals surface area contributed by atoms with E-state index in [1.807, 2.05) is 0 Å². The number of amides is 3. The van der Waals surface area contributed by atoms with Crippen molar-refractivity contribution in [3.63, 3.8) is 0 Å². The Morgan fingerprint density at radius 1 is 1.12 bits per heavy atom. The van der Waals surface area contributed by atoms with Crippen LogP contribution in [0.2, 0.25) is 0 Å². The van der Waals surface area contributed by atoms with Crippen molar-refractivity contribution in [1.82, 2.24) is 16.1 Å². The molecular formula is C28H31BrN4O8. The van der Waals surface area contributed by atoms with Crippen LogP contribution >= 0.6 is 15.9 Å². The molecule has 3 N–H and O–H groups in total. The normalized spacial score (nSPS) is 14.6. The average molecular weight is 631 g/mol. The first-order valence-electron chi connectivity index (χ1n) is 12.4. The number of rotatable bonds is 13. The number of hydrogen-bond acceptors (Lipinski definition) is 9. The van der Waals surface area contributed by atoms with Crippen molar-refractivity contribution >= 4 is 40.1 Å². The average Bonchev–Trinajstić information content (AvgIpc) is 2.94. The van der Waals surface area contributed by atoms with Gasteiger partial charge in [0.05, 0.1) is 38.7 Å². The van der Waals surface area contributed by atoms with E-state index in [-0.39, 0.29) is 36.9 Å². The summed E-state index contributed by atoms with van der Waals surface area (Å²) >= 11 is 3.41. The van der Waals surface area contributed by atoms with Crippen molar-refractivity contribution in [2.75, 3.05) is 34.0 Å². The zero-order chi connectivity index (χ0) is 29.9. The minimum absolute atomic E-state index is 0.180. The Kier molecular flexibility index (Phi) is 11.2. The van der Waals surface area contributed by atoms with E-state index in [9.17, 15) is 14.4 Å². The van der Waals surface area contributed by atoms with Gasteiger partial charge in [-0.1, -0.05) is 34.7 Å². The van der Waals surface area contributed by atoms with Crippen LogP contribution in [-0.4, -0.2) is 58.2 Å². The fraction of sp³-hybridized carbons (Fsp3) is 0.286. The second-order valence-electron chi connectivity index (χ2n) is 8.41. The molecule has 1 atom stereocenters. The fourth-order valence-electron chi connectivity index (χ4n) is 3.89. The highest BCUT2D eigenvalue weighted by molar-refractivity contribution is 9.10. The van der Waals surface area contributed by atoms with Gasteiger partial charge in [0.2, 0.25) is 0 Å². The first-order valence-corrected chi connectivity index (χ1v) is 13.2. The van der Waals surface area contributed by atoms with Crippen LogP contribution in [-0.2, 0) is 14.3 Å². The molecule has 1 aliphatic heterocycles. The standard InChI is InChI=1S/C28H31BrN4O8/c1-6-10-40-26-18(11-19(29)13-22(26)38-5)14-30-33-23(34)15-41-20-9-8-17(12-21(20)37-4)25-24(27(35)39-7-2)16(3)31-28(36)32-25/h6,8-9,11-14,25H,1,7,10,15H2,2-5H3,(H,33,34)(H2,31,32,36)/b30-14+/t25-/m1/s1. The maximum Gasteiger partial charge on any atom is 0.338 e. The number of methoxy groups -OCH3 is 2. The van der Waals surface area contributed by atoms with Gasteiger partial charge in [-0.2, -0.15) is 5.10 Å². The highest BCUT2D eigenvalue weighted by Crippen LogP contribution is 2.35. The molecule has 0 saturated heterocycles. The van der Waals surface area contributed by atoms with Crippen LogP contribution in [0, 0.1) is 0 Å². The minimum Gasteiger partial charge on any atom is -0.493 e. The molecule has 3 rings (SSSR count). The number of nitrogens with one attached hydrogen (secondary N) is 3. The van der Waals surface area contributed by atoms with Gasteiger partial charge in [-0.3, -0.25) is 4.79 Å². The van der Waals surface area contributed by atoms with Crippen LogP contribution in [0.5, 0.6) is 23.0 Å². The molecule has 13 heteroatoms. The monoisotopic (exact) mass is 630 g/mol. The molecular weight excluding hydrogens is 600 g/mol. The van der Waals surface area contributed by atoms with Crippen LogP contribution in [0.1, 0.15) is 31.0 Å². The van der Waals surface area contributed by atoms with E-state index in [2.05, 4.69) is 43.7 Å².